The number of nitrogens with zero attached hydrogens (tertiary/aromatic N) is 2. The van der Waals surface area contributed by atoms with E-state index in [9.17, 15) is 0 Å². The van der Waals surface area contributed by atoms with Crippen molar-refractivity contribution in [3.05, 3.63) is 65.2 Å². The highest BCUT2D eigenvalue weighted by Gasteiger charge is 2.44. The molecule has 2 nitrogen and oxygen atoms in total. The minimum Gasteiger partial charge on any atom is -0.369 e. The topological polar surface area (TPSA) is 6.48 Å². The lowest BCUT2D eigenvalue weighted by atomic mass is 9.65. The SMILES string of the molecule is CC1=CC(C)(C)N(C)c2ccc([C@@]3(C)CC(C)(C)N(C)c4ccccc43)cc21. The minimum atomic E-state index is -0.00650. The third-order valence-electron chi connectivity index (χ3n) is 7.41. The van der Waals surface area contributed by atoms with Crippen LogP contribution in [0.25, 0.3) is 5.57 Å². The summed E-state index contributed by atoms with van der Waals surface area (Å²) in [5.74, 6) is 0. The molecule has 2 aromatic carbocycles. The first-order valence-corrected chi connectivity index (χ1v) is 10.4. The van der Waals surface area contributed by atoms with E-state index in [-0.39, 0.29) is 16.5 Å². The van der Waals surface area contributed by atoms with Gasteiger partial charge in [0.25, 0.3) is 0 Å². The summed E-state index contributed by atoms with van der Waals surface area (Å²) in [5, 5.41) is 0. The average molecular weight is 375 g/mol. The minimum absolute atomic E-state index is 0.00650. The summed E-state index contributed by atoms with van der Waals surface area (Å²) in [6.45, 7) is 14.0. The second kappa shape index (κ2) is 5.89. The van der Waals surface area contributed by atoms with Crippen LogP contribution in [0.4, 0.5) is 11.4 Å². The highest BCUT2D eigenvalue weighted by atomic mass is 15.2. The maximum absolute atomic E-state index is 2.45. The molecule has 0 aromatic heterocycles. The largest absolute Gasteiger partial charge is 0.369 e. The first-order chi connectivity index (χ1) is 13.0. The van der Waals surface area contributed by atoms with Crippen LogP contribution in [0.5, 0.6) is 0 Å². The van der Waals surface area contributed by atoms with Crippen molar-refractivity contribution in [1.29, 1.82) is 0 Å². The summed E-state index contributed by atoms with van der Waals surface area (Å²) in [4.78, 5) is 4.85. The van der Waals surface area contributed by atoms with Gasteiger partial charge in [-0.25, -0.2) is 0 Å². The Balaban J connectivity index is 1.91. The van der Waals surface area contributed by atoms with Crippen LogP contribution >= 0.6 is 0 Å². The Hall–Kier alpha value is -2.22. The number of fused-ring (bicyclic) bond motifs is 2. The Labute approximate surface area is 170 Å². The number of hydrogen-bond acceptors (Lipinski definition) is 2. The highest BCUT2D eigenvalue weighted by Crippen LogP contribution is 2.51. The predicted molar refractivity (Wildman–Crippen MR) is 123 cm³/mol. The predicted octanol–water partition coefficient (Wildman–Crippen LogP) is 6.24. The van der Waals surface area contributed by atoms with Crippen molar-refractivity contribution < 1.29 is 0 Å². The molecule has 0 radical (unpaired) electrons. The van der Waals surface area contributed by atoms with Gasteiger partial charge in [0.05, 0.1) is 5.54 Å². The van der Waals surface area contributed by atoms with Crippen LogP contribution in [-0.4, -0.2) is 25.2 Å². The molecule has 1 atom stereocenters. The van der Waals surface area contributed by atoms with E-state index in [1.165, 1.54) is 33.6 Å². The maximum atomic E-state index is 2.45. The first kappa shape index (κ1) is 19.1. The molecule has 148 valence electrons. The van der Waals surface area contributed by atoms with Gasteiger partial charge < -0.3 is 9.80 Å². The summed E-state index contributed by atoms with van der Waals surface area (Å²) in [5.41, 5.74) is 8.42. The fraction of sp³-hybridized carbons (Fsp3) is 0.462. The smallest absolute Gasteiger partial charge is 0.0531 e. The Morgan fingerprint density at radius 3 is 2.21 bits per heavy atom. The van der Waals surface area contributed by atoms with Crippen molar-refractivity contribution in [2.24, 2.45) is 0 Å². The lowest BCUT2D eigenvalue weighted by molar-refractivity contribution is 0.335. The lowest BCUT2D eigenvalue weighted by Crippen LogP contribution is -2.51. The van der Waals surface area contributed by atoms with E-state index in [1.807, 2.05) is 0 Å². The number of anilines is 2. The molecule has 28 heavy (non-hydrogen) atoms. The summed E-state index contributed by atoms with van der Waals surface area (Å²) in [6.07, 6.45) is 3.49. The van der Waals surface area contributed by atoms with Crippen molar-refractivity contribution in [2.45, 2.75) is 64.5 Å². The highest BCUT2D eigenvalue weighted by molar-refractivity contribution is 5.82. The van der Waals surface area contributed by atoms with Gasteiger partial charge in [0.1, 0.15) is 0 Å². The van der Waals surface area contributed by atoms with Gasteiger partial charge in [0, 0.05) is 42.0 Å². The zero-order valence-corrected chi connectivity index (χ0v) is 18.7. The Morgan fingerprint density at radius 1 is 0.821 bits per heavy atom. The van der Waals surface area contributed by atoms with Crippen LogP contribution in [0.1, 0.15) is 64.7 Å². The molecule has 2 heteroatoms. The van der Waals surface area contributed by atoms with Gasteiger partial charge in [-0.2, -0.15) is 0 Å². The van der Waals surface area contributed by atoms with Gasteiger partial charge in [0.2, 0.25) is 0 Å². The second-order valence-electron chi connectivity index (χ2n) is 10.2. The number of rotatable bonds is 1. The number of likely N-dealkylation sites (N-methyl/N-ethyl adjacent to an activating group) is 1. The van der Waals surface area contributed by atoms with Crippen molar-refractivity contribution in [3.8, 4) is 0 Å². The third-order valence-corrected chi connectivity index (χ3v) is 7.41. The van der Waals surface area contributed by atoms with Crippen LogP contribution in [0.3, 0.4) is 0 Å². The van der Waals surface area contributed by atoms with E-state index in [2.05, 4.69) is 114 Å². The fourth-order valence-electron chi connectivity index (χ4n) is 5.40. The van der Waals surface area contributed by atoms with Gasteiger partial charge in [-0.05, 0) is 75.9 Å². The summed E-state index contributed by atoms with van der Waals surface area (Å²) < 4.78 is 0. The van der Waals surface area contributed by atoms with E-state index in [1.54, 1.807) is 0 Å². The molecule has 0 aliphatic carbocycles. The molecule has 0 spiro atoms. The number of benzene rings is 2. The summed E-state index contributed by atoms with van der Waals surface area (Å²) in [7, 11) is 4.44. The molecule has 2 heterocycles. The number of para-hydroxylation sites is 1. The molecule has 0 N–H and O–H groups in total. The Kier molecular flexibility index (Phi) is 4.02. The molecule has 0 saturated heterocycles. The molecule has 4 rings (SSSR count). The van der Waals surface area contributed by atoms with Crippen LogP contribution in [-0.2, 0) is 5.41 Å². The molecule has 0 amide bonds. The van der Waals surface area contributed by atoms with E-state index < -0.39 is 0 Å². The second-order valence-corrected chi connectivity index (χ2v) is 10.2. The standard InChI is InChI=1S/C26H34N2/c1-18-16-24(2,3)27(7)22-14-13-19(15-20(18)22)26(6)17-25(4,5)28(8)23-12-10-9-11-21(23)26/h9-16H,17H2,1-8H3/t26-/m1/s1. The number of hydrogen-bond donors (Lipinski definition) is 0. The van der Waals surface area contributed by atoms with Crippen molar-refractivity contribution >= 4 is 16.9 Å². The van der Waals surface area contributed by atoms with E-state index in [4.69, 9.17) is 0 Å². The van der Waals surface area contributed by atoms with Crippen molar-refractivity contribution in [1.82, 2.24) is 0 Å². The lowest BCUT2D eigenvalue weighted by Gasteiger charge is -2.51. The van der Waals surface area contributed by atoms with Crippen molar-refractivity contribution in [2.75, 3.05) is 23.9 Å². The quantitative estimate of drug-likeness (QED) is 0.583. The zero-order valence-electron chi connectivity index (χ0n) is 18.7. The normalized spacial score (nSPS) is 25.1. The van der Waals surface area contributed by atoms with E-state index in [0.29, 0.717) is 0 Å². The molecule has 0 saturated carbocycles. The average Bonchev–Trinajstić information content (AvgIpc) is 2.63. The van der Waals surface area contributed by atoms with Crippen LogP contribution in [0, 0.1) is 0 Å². The molecule has 2 aromatic rings. The Morgan fingerprint density at radius 2 is 1.50 bits per heavy atom. The first-order valence-electron chi connectivity index (χ1n) is 10.4. The molecule has 0 unspecified atom stereocenters. The monoisotopic (exact) mass is 374 g/mol. The van der Waals surface area contributed by atoms with Crippen LogP contribution < -0.4 is 9.80 Å². The fourth-order valence-corrected chi connectivity index (χ4v) is 5.40. The van der Waals surface area contributed by atoms with E-state index >= 15 is 0 Å². The molecule has 2 aliphatic heterocycles. The molecular formula is C26H34N2. The van der Waals surface area contributed by atoms with Gasteiger partial charge in [-0.1, -0.05) is 37.3 Å². The third kappa shape index (κ3) is 2.61. The number of allylic oxidation sites excluding steroid dienone is 1. The van der Waals surface area contributed by atoms with E-state index in [0.717, 1.165) is 6.42 Å². The zero-order chi connectivity index (χ0) is 20.5. The summed E-state index contributed by atoms with van der Waals surface area (Å²) in [6, 6.07) is 16.1. The van der Waals surface area contributed by atoms with Crippen molar-refractivity contribution in [3.63, 3.8) is 0 Å². The van der Waals surface area contributed by atoms with Gasteiger partial charge in [-0.3, -0.25) is 0 Å². The summed E-state index contributed by atoms with van der Waals surface area (Å²) >= 11 is 0. The molecular weight excluding hydrogens is 340 g/mol. The maximum Gasteiger partial charge on any atom is 0.0531 e. The van der Waals surface area contributed by atoms with Crippen LogP contribution in [0.2, 0.25) is 0 Å². The molecule has 0 fully saturated rings. The Bertz CT molecular complexity index is 966. The van der Waals surface area contributed by atoms with Gasteiger partial charge in [-0.15, -0.1) is 0 Å². The molecule has 2 aliphatic rings. The molecule has 0 bridgehead atoms. The van der Waals surface area contributed by atoms with Gasteiger partial charge in [0.15, 0.2) is 0 Å². The van der Waals surface area contributed by atoms with Crippen LogP contribution in [0.15, 0.2) is 48.5 Å². The van der Waals surface area contributed by atoms with Gasteiger partial charge >= 0.3 is 0 Å².